The lowest BCUT2D eigenvalue weighted by Crippen LogP contribution is -2.51. The first-order valence-electron chi connectivity index (χ1n) is 6.53. The Kier molecular flexibility index (Phi) is 5.03. The average molecular weight is 314 g/mol. The van der Waals surface area contributed by atoms with Crippen molar-refractivity contribution in [2.75, 3.05) is 19.7 Å². The van der Waals surface area contributed by atoms with E-state index in [-0.39, 0.29) is 19.1 Å². The van der Waals surface area contributed by atoms with Gasteiger partial charge >= 0.3 is 5.97 Å². The van der Waals surface area contributed by atoms with E-state index < -0.39 is 18.2 Å². The van der Waals surface area contributed by atoms with Crippen molar-refractivity contribution in [3.63, 3.8) is 0 Å². The Hall–Kier alpha value is -1.79. The van der Waals surface area contributed by atoms with Gasteiger partial charge in [0.05, 0.1) is 13.2 Å². The SMILES string of the molecule is C[C@H](Oc1ccc(Cl)cc1)C(=O)N1CCO[C@@H](C(=O)O)C1. The van der Waals surface area contributed by atoms with Gasteiger partial charge in [0.2, 0.25) is 0 Å². The number of carbonyl (C=O) groups excluding carboxylic acids is 1. The van der Waals surface area contributed by atoms with Crippen LogP contribution in [0.5, 0.6) is 5.75 Å². The summed E-state index contributed by atoms with van der Waals surface area (Å²) in [6, 6.07) is 6.68. The van der Waals surface area contributed by atoms with Crippen molar-refractivity contribution >= 4 is 23.5 Å². The first-order chi connectivity index (χ1) is 9.97. The van der Waals surface area contributed by atoms with Crippen LogP contribution in [-0.2, 0) is 14.3 Å². The van der Waals surface area contributed by atoms with Gasteiger partial charge in [-0.3, -0.25) is 4.79 Å². The quantitative estimate of drug-likeness (QED) is 0.910. The highest BCUT2D eigenvalue weighted by molar-refractivity contribution is 6.30. The first kappa shape index (κ1) is 15.6. The molecule has 1 amide bonds. The summed E-state index contributed by atoms with van der Waals surface area (Å²) in [7, 11) is 0. The van der Waals surface area contributed by atoms with E-state index in [1.807, 2.05) is 0 Å². The number of halogens is 1. The number of ether oxygens (including phenoxy) is 2. The molecule has 0 spiro atoms. The van der Waals surface area contributed by atoms with Gasteiger partial charge in [-0.1, -0.05) is 11.6 Å². The molecule has 0 aromatic heterocycles. The van der Waals surface area contributed by atoms with Gasteiger partial charge in [-0.2, -0.15) is 0 Å². The molecular formula is C14H16ClNO5. The minimum absolute atomic E-state index is 0.0302. The molecule has 1 saturated heterocycles. The smallest absolute Gasteiger partial charge is 0.334 e. The van der Waals surface area contributed by atoms with Crippen LogP contribution in [0, 0.1) is 0 Å². The molecule has 0 radical (unpaired) electrons. The molecule has 1 aromatic carbocycles. The van der Waals surface area contributed by atoms with Crippen LogP contribution in [0.25, 0.3) is 0 Å². The number of rotatable bonds is 4. The molecule has 1 aromatic rings. The predicted octanol–water partition coefficient (Wildman–Crippen LogP) is 1.42. The highest BCUT2D eigenvalue weighted by atomic mass is 35.5. The second-order valence-electron chi connectivity index (χ2n) is 4.70. The van der Waals surface area contributed by atoms with Crippen molar-refractivity contribution in [2.45, 2.75) is 19.1 Å². The molecular weight excluding hydrogens is 298 g/mol. The van der Waals surface area contributed by atoms with Crippen LogP contribution in [0.1, 0.15) is 6.92 Å². The number of hydrogen-bond donors (Lipinski definition) is 1. The number of aliphatic carboxylic acids is 1. The van der Waals surface area contributed by atoms with Crippen molar-refractivity contribution in [3.8, 4) is 5.75 Å². The molecule has 0 bridgehead atoms. The van der Waals surface area contributed by atoms with E-state index in [4.69, 9.17) is 26.2 Å². The maximum Gasteiger partial charge on any atom is 0.334 e. The van der Waals surface area contributed by atoms with E-state index in [0.29, 0.717) is 17.3 Å². The van der Waals surface area contributed by atoms with Crippen LogP contribution < -0.4 is 4.74 Å². The number of carboxylic acids is 1. The molecule has 1 aliphatic rings. The van der Waals surface area contributed by atoms with Crippen molar-refractivity contribution in [1.29, 1.82) is 0 Å². The topological polar surface area (TPSA) is 76.1 Å². The van der Waals surface area contributed by atoms with Crippen molar-refractivity contribution in [1.82, 2.24) is 4.90 Å². The van der Waals surface area contributed by atoms with Gasteiger partial charge < -0.3 is 19.5 Å². The third-order valence-electron chi connectivity index (χ3n) is 3.13. The molecule has 1 heterocycles. The fraction of sp³-hybridized carbons (Fsp3) is 0.429. The highest BCUT2D eigenvalue weighted by Crippen LogP contribution is 2.18. The standard InChI is InChI=1S/C14H16ClNO5/c1-9(21-11-4-2-10(15)3-5-11)13(17)16-6-7-20-12(8-16)14(18)19/h2-5,9,12H,6-8H2,1H3,(H,18,19)/t9-,12+/m0/s1. The Morgan fingerprint density at radius 2 is 2.10 bits per heavy atom. The third kappa shape index (κ3) is 4.09. The molecule has 0 unspecified atom stereocenters. The van der Waals surface area contributed by atoms with E-state index in [1.165, 1.54) is 4.90 Å². The zero-order valence-electron chi connectivity index (χ0n) is 11.5. The predicted molar refractivity (Wildman–Crippen MR) is 75.5 cm³/mol. The number of amides is 1. The van der Waals surface area contributed by atoms with Crippen molar-refractivity contribution in [2.24, 2.45) is 0 Å². The minimum atomic E-state index is -1.07. The maximum absolute atomic E-state index is 12.3. The molecule has 6 nitrogen and oxygen atoms in total. The van der Waals surface area contributed by atoms with Gasteiger partial charge in [0.15, 0.2) is 12.2 Å². The van der Waals surface area contributed by atoms with Gasteiger partial charge in [0, 0.05) is 11.6 Å². The number of benzene rings is 1. The summed E-state index contributed by atoms with van der Waals surface area (Å²) in [4.78, 5) is 24.6. The second kappa shape index (κ2) is 6.78. The second-order valence-corrected chi connectivity index (χ2v) is 5.13. The molecule has 2 rings (SSSR count). The Morgan fingerprint density at radius 3 is 2.71 bits per heavy atom. The lowest BCUT2D eigenvalue weighted by molar-refractivity contribution is -0.161. The lowest BCUT2D eigenvalue weighted by atomic mass is 10.2. The summed E-state index contributed by atoms with van der Waals surface area (Å²) in [6.45, 7) is 2.22. The van der Waals surface area contributed by atoms with Gasteiger partial charge in [-0.15, -0.1) is 0 Å². The van der Waals surface area contributed by atoms with Gasteiger partial charge in [-0.05, 0) is 31.2 Å². The monoisotopic (exact) mass is 313 g/mol. The van der Waals surface area contributed by atoms with Crippen LogP contribution in [0.15, 0.2) is 24.3 Å². The summed E-state index contributed by atoms with van der Waals surface area (Å²) in [6.07, 6.45) is -1.69. The summed E-state index contributed by atoms with van der Waals surface area (Å²) in [5.41, 5.74) is 0. The number of hydrogen-bond acceptors (Lipinski definition) is 4. The van der Waals surface area contributed by atoms with E-state index in [0.717, 1.165) is 0 Å². The summed E-state index contributed by atoms with van der Waals surface area (Å²) in [5, 5.41) is 9.51. The Morgan fingerprint density at radius 1 is 1.43 bits per heavy atom. The highest BCUT2D eigenvalue weighted by Gasteiger charge is 2.31. The van der Waals surface area contributed by atoms with Crippen LogP contribution in [0.2, 0.25) is 5.02 Å². The molecule has 0 aliphatic carbocycles. The average Bonchev–Trinajstić information content (AvgIpc) is 2.49. The van der Waals surface area contributed by atoms with E-state index in [2.05, 4.69) is 0 Å². The molecule has 2 atom stereocenters. The Labute approximate surface area is 127 Å². The number of nitrogens with zero attached hydrogens (tertiary/aromatic N) is 1. The summed E-state index contributed by atoms with van der Waals surface area (Å²) < 4.78 is 10.6. The summed E-state index contributed by atoms with van der Waals surface area (Å²) in [5.74, 6) is -0.804. The Bertz CT molecular complexity index is 519. The molecule has 1 N–H and O–H groups in total. The van der Waals surface area contributed by atoms with Crippen LogP contribution in [0.4, 0.5) is 0 Å². The maximum atomic E-state index is 12.3. The van der Waals surface area contributed by atoms with Crippen LogP contribution >= 0.6 is 11.6 Å². The lowest BCUT2D eigenvalue weighted by Gasteiger charge is -2.32. The van der Waals surface area contributed by atoms with E-state index >= 15 is 0 Å². The zero-order valence-corrected chi connectivity index (χ0v) is 12.2. The zero-order chi connectivity index (χ0) is 15.4. The van der Waals surface area contributed by atoms with Crippen molar-refractivity contribution < 1.29 is 24.2 Å². The number of carbonyl (C=O) groups is 2. The van der Waals surface area contributed by atoms with E-state index in [9.17, 15) is 9.59 Å². The largest absolute Gasteiger partial charge is 0.481 e. The molecule has 7 heteroatoms. The van der Waals surface area contributed by atoms with Crippen LogP contribution in [-0.4, -0.2) is 53.8 Å². The molecule has 1 aliphatic heterocycles. The molecule has 114 valence electrons. The van der Waals surface area contributed by atoms with Crippen molar-refractivity contribution in [3.05, 3.63) is 29.3 Å². The van der Waals surface area contributed by atoms with Crippen LogP contribution in [0.3, 0.4) is 0 Å². The minimum Gasteiger partial charge on any atom is -0.481 e. The summed E-state index contributed by atoms with van der Waals surface area (Å²) >= 11 is 5.78. The van der Waals surface area contributed by atoms with E-state index in [1.54, 1.807) is 31.2 Å². The van der Waals surface area contributed by atoms with Gasteiger partial charge in [0.1, 0.15) is 5.75 Å². The third-order valence-corrected chi connectivity index (χ3v) is 3.38. The molecule has 0 saturated carbocycles. The fourth-order valence-corrected chi connectivity index (χ4v) is 2.15. The molecule has 1 fully saturated rings. The number of carboxylic acid groups (broad SMARTS) is 1. The first-order valence-corrected chi connectivity index (χ1v) is 6.90. The van der Waals surface area contributed by atoms with Gasteiger partial charge in [-0.25, -0.2) is 4.79 Å². The number of morpholine rings is 1. The normalized spacial score (nSPS) is 19.9. The Balaban J connectivity index is 1.95. The fourth-order valence-electron chi connectivity index (χ4n) is 2.02. The molecule has 21 heavy (non-hydrogen) atoms. The van der Waals surface area contributed by atoms with Gasteiger partial charge in [0.25, 0.3) is 5.91 Å².